The molecule has 2 amide bonds. The molecule has 1 N–H and O–H groups in total. The van der Waals surface area contributed by atoms with Crippen molar-refractivity contribution in [3.63, 3.8) is 0 Å². The minimum absolute atomic E-state index is 0.0149. The Bertz CT molecular complexity index is 1660. The van der Waals surface area contributed by atoms with E-state index in [1.807, 2.05) is 66.7 Å². The summed E-state index contributed by atoms with van der Waals surface area (Å²) in [6.45, 7) is 0.772. The molecule has 0 aliphatic carbocycles. The third kappa shape index (κ3) is 7.13. The Morgan fingerprint density at radius 2 is 1.35 bits per heavy atom. The molecule has 1 heterocycles. The van der Waals surface area contributed by atoms with Gasteiger partial charge >= 0.3 is 5.97 Å². The second kappa shape index (κ2) is 13.6. The number of carbonyl (C=O) groups excluding carboxylic acids is 3. The maximum atomic E-state index is 12.9. The van der Waals surface area contributed by atoms with E-state index in [0.29, 0.717) is 29.9 Å². The lowest BCUT2D eigenvalue weighted by atomic mass is 9.94. The molecule has 0 fully saturated rings. The number of fused-ring (bicyclic) bond motifs is 1. The molecule has 214 valence electrons. The summed E-state index contributed by atoms with van der Waals surface area (Å²) in [5.41, 5.74) is 4.83. The van der Waals surface area contributed by atoms with Crippen molar-refractivity contribution in [2.45, 2.75) is 19.4 Å². The highest BCUT2D eigenvalue weighted by atomic mass is 16.5. The van der Waals surface area contributed by atoms with Crippen LogP contribution in [0.5, 0.6) is 0 Å². The first-order valence-corrected chi connectivity index (χ1v) is 13.9. The van der Waals surface area contributed by atoms with Crippen LogP contribution in [0.1, 0.15) is 55.0 Å². The number of benzene rings is 4. The third-order valence-electron chi connectivity index (χ3n) is 7.30. The topological polar surface area (TPSA) is 101 Å². The molecule has 0 saturated heterocycles. The van der Waals surface area contributed by atoms with E-state index in [4.69, 9.17) is 4.74 Å². The molecule has 0 radical (unpaired) electrons. The third-order valence-corrected chi connectivity index (χ3v) is 7.30. The SMILES string of the molecule is O=C(CC(CCN1C(=O)c2ccccc2C1=O)C(=O)O)c1ccc(-c2ccc(C#CCOCc3ccccc3)cc2)cc1. The number of imide groups is 1. The normalized spacial score (nSPS) is 12.8. The fourth-order valence-corrected chi connectivity index (χ4v) is 4.91. The molecule has 1 atom stereocenters. The van der Waals surface area contributed by atoms with Gasteiger partial charge in [-0.1, -0.05) is 90.7 Å². The largest absolute Gasteiger partial charge is 0.481 e. The zero-order valence-corrected chi connectivity index (χ0v) is 23.4. The molecule has 1 aliphatic heterocycles. The van der Waals surface area contributed by atoms with Crippen molar-refractivity contribution in [2.75, 3.05) is 13.2 Å². The number of Topliss-reactive ketones (excluding diaryl/α,β-unsaturated/α-hetero) is 1. The van der Waals surface area contributed by atoms with Gasteiger partial charge in [-0.05, 0) is 47.4 Å². The Morgan fingerprint density at radius 3 is 1.95 bits per heavy atom. The number of nitrogens with zero attached hydrogens (tertiary/aromatic N) is 1. The van der Waals surface area contributed by atoms with Gasteiger partial charge in [0, 0.05) is 24.1 Å². The van der Waals surface area contributed by atoms with Crippen molar-refractivity contribution in [3.8, 4) is 23.0 Å². The molecule has 0 saturated carbocycles. The monoisotopic (exact) mass is 571 g/mol. The Labute approximate surface area is 249 Å². The highest BCUT2D eigenvalue weighted by molar-refractivity contribution is 6.21. The van der Waals surface area contributed by atoms with Gasteiger partial charge < -0.3 is 9.84 Å². The molecule has 1 unspecified atom stereocenters. The lowest BCUT2D eigenvalue weighted by Gasteiger charge is -2.17. The van der Waals surface area contributed by atoms with Gasteiger partial charge in [-0.15, -0.1) is 0 Å². The van der Waals surface area contributed by atoms with Crippen molar-refractivity contribution in [2.24, 2.45) is 5.92 Å². The van der Waals surface area contributed by atoms with Gasteiger partial charge in [0.25, 0.3) is 11.8 Å². The van der Waals surface area contributed by atoms with Crippen LogP contribution in [0.25, 0.3) is 11.1 Å². The van der Waals surface area contributed by atoms with Crippen LogP contribution in [0.2, 0.25) is 0 Å². The van der Waals surface area contributed by atoms with Crippen LogP contribution < -0.4 is 0 Å². The molecule has 43 heavy (non-hydrogen) atoms. The van der Waals surface area contributed by atoms with Crippen molar-refractivity contribution in [3.05, 3.63) is 131 Å². The predicted octanol–water partition coefficient (Wildman–Crippen LogP) is 5.88. The van der Waals surface area contributed by atoms with Crippen LogP contribution in [0.4, 0.5) is 0 Å². The Kier molecular flexibility index (Phi) is 9.20. The molecule has 0 bridgehead atoms. The Hall–Kier alpha value is -5.32. The molecule has 0 spiro atoms. The summed E-state index contributed by atoms with van der Waals surface area (Å²) in [6, 6.07) is 31.2. The van der Waals surface area contributed by atoms with Gasteiger partial charge in [0.15, 0.2) is 5.78 Å². The Balaban J connectivity index is 1.13. The van der Waals surface area contributed by atoms with Gasteiger partial charge in [-0.25, -0.2) is 0 Å². The minimum Gasteiger partial charge on any atom is -0.481 e. The number of carboxylic acid groups (broad SMARTS) is 1. The van der Waals surface area contributed by atoms with Gasteiger partial charge in [0.05, 0.1) is 23.7 Å². The first kappa shape index (κ1) is 29.2. The van der Waals surface area contributed by atoms with E-state index in [1.54, 1.807) is 36.4 Å². The second-order valence-corrected chi connectivity index (χ2v) is 10.2. The van der Waals surface area contributed by atoms with Crippen molar-refractivity contribution < 1.29 is 29.0 Å². The van der Waals surface area contributed by atoms with E-state index in [1.165, 1.54) is 0 Å². The van der Waals surface area contributed by atoms with Gasteiger partial charge in [0.1, 0.15) is 6.61 Å². The standard InChI is InChI=1S/C36H29NO6/c38-33(23-30(36(41)42)20-21-37-34(39)31-10-4-5-11-32(31)35(37)40)29-18-16-28(17-19-29)27-14-12-25(13-15-27)9-6-22-43-24-26-7-2-1-3-8-26/h1-5,7-8,10-19,30H,20-24H2,(H,41,42). The first-order chi connectivity index (χ1) is 20.9. The number of aliphatic carboxylic acids is 1. The average Bonchev–Trinajstić information content (AvgIpc) is 3.28. The van der Waals surface area contributed by atoms with Crippen LogP contribution in [-0.2, 0) is 16.1 Å². The summed E-state index contributed by atoms with van der Waals surface area (Å²) in [5.74, 6) is 2.72. The lowest BCUT2D eigenvalue weighted by Crippen LogP contribution is -2.33. The molecule has 0 aromatic heterocycles. The number of hydrogen-bond donors (Lipinski definition) is 1. The highest BCUT2D eigenvalue weighted by Gasteiger charge is 2.36. The van der Waals surface area contributed by atoms with Crippen molar-refractivity contribution in [1.82, 2.24) is 4.90 Å². The smallest absolute Gasteiger partial charge is 0.307 e. The molecule has 7 heteroatoms. The molecule has 4 aromatic carbocycles. The number of rotatable bonds is 11. The summed E-state index contributed by atoms with van der Waals surface area (Å²) in [6.07, 6.45) is -0.251. The van der Waals surface area contributed by atoms with Crippen LogP contribution >= 0.6 is 0 Å². The number of carbonyl (C=O) groups is 4. The fraction of sp³-hybridized carbons (Fsp3) is 0.167. The number of amides is 2. The van der Waals surface area contributed by atoms with Gasteiger partial charge in [-0.2, -0.15) is 0 Å². The summed E-state index contributed by atoms with van der Waals surface area (Å²) < 4.78 is 5.60. The van der Waals surface area contributed by atoms with Crippen molar-refractivity contribution >= 4 is 23.6 Å². The minimum atomic E-state index is -1.15. The number of carboxylic acids is 1. The summed E-state index contributed by atoms with van der Waals surface area (Å²) in [7, 11) is 0. The van der Waals surface area contributed by atoms with E-state index >= 15 is 0 Å². The second-order valence-electron chi connectivity index (χ2n) is 10.2. The molecule has 1 aliphatic rings. The maximum Gasteiger partial charge on any atom is 0.307 e. The Morgan fingerprint density at radius 1 is 0.767 bits per heavy atom. The quantitative estimate of drug-likeness (QED) is 0.104. The van der Waals surface area contributed by atoms with E-state index in [9.17, 15) is 24.3 Å². The number of hydrogen-bond acceptors (Lipinski definition) is 5. The molecule has 5 rings (SSSR count). The molecular weight excluding hydrogens is 542 g/mol. The van der Waals surface area contributed by atoms with E-state index in [-0.39, 0.29) is 25.2 Å². The fourth-order valence-electron chi connectivity index (χ4n) is 4.91. The zero-order chi connectivity index (χ0) is 30.2. The highest BCUT2D eigenvalue weighted by Crippen LogP contribution is 2.25. The summed E-state index contributed by atoms with van der Waals surface area (Å²) in [5, 5.41) is 9.73. The molecule has 4 aromatic rings. The number of ether oxygens (including phenoxy) is 1. The van der Waals surface area contributed by atoms with Crippen LogP contribution in [0, 0.1) is 17.8 Å². The number of ketones is 1. The molecule has 7 nitrogen and oxygen atoms in total. The predicted molar refractivity (Wildman–Crippen MR) is 161 cm³/mol. The summed E-state index contributed by atoms with van der Waals surface area (Å²) >= 11 is 0. The van der Waals surface area contributed by atoms with Gasteiger partial charge in [0.2, 0.25) is 0 Å². The van der Waals surface area contributed by atoms with Crippen LogP contribution in [0.15, 0.2) is 103 Å². The van der Waals surface area contributed by atoms with Gasteiger partial charge in [-0.3, -0.25) is 24.1 Å². The van der Waals surface area contributed by atoms with Crippen LogP contribution in [0.3, 0.4) is 0 Å². The van der Waals surface area contributed by atoms with Crippen molar-refractivity contribution in [1.29, 1.82) is 0 Å². The van der Waals surface area contributed by atoms with E-state index in [0.717, 1.165) is 27.2 Å². The van der Waals surface area contributed by atoms with E-state index < -0.39 is 23.7 Å². The molecular formula is C36H29NO6. The maximum absolute atomic E-state index is 12.9. The van der Waals surface area contributed by atoms with Crippen LogP contribution in [-0.4, -0.2) is 46.7 Å². The average molecular weight is 572 g/mol. The van der Waals surface area contributed by atoms with E-state index in [2.05, 4.69) is 11.8 Å². The lowest BCUT2D eigenvalue weighted by molar-refractivity contribution is -0.142. The summed E-state index contributed by atoms with van der Waals surface area (Å²) in [4.78, 5) is 51.1. The zero-order valence-electron chi connectivity index (χ0n) is 23.4. The first-order valence-electron chi connectivity index (χ1n) is 13.9.